The van der Waals surface area contributed by atoms with Crippen LogP contribution in [0.1, 0.15) is 18.1 Å². The quantitative estimate of drug-likeness (QED) is 0.889. The predicted octanol–water partition coefficient (Wildman–Crippen LogP) is 3.05. The molecule has 2 aromatic carbocycles. The van der Waals surface area contributed by atoms with Crippen molar-refractivity contribution in [2.75, 3.05) is 4.90 Å². The van der Waals surface area contributed by atoms with Crippen molar-refractivity contribution in [3.8, 4) is 0 Å². The second-order valence-corrected chi connectivity index (χ2v) is 8.02. The molecule has 2 N–H and O–H groups in total. The number of sulfonamides is 1. The van der Waals surface area contributed by atoms with Crippen LogP contribution >= 0.6 is 15.9 Å². The molecule has 0 aliphatic carbocycles. The molecular weight excluding hydrogens is 364 g/mol. The molecule has 22 heavy (non-hydrogen) atoms. The summed E-state index contributed by atoms with van der Waals surface area (Å²) in [5.74, 6) is 0. The Labute approximate surface area is 139 Å². The molecule has 0 bridgehead atoms. The van der Waals surface area contributed by atoms with Crippen molar-refractivity contribution in [2.24, 2.45) is 5.14 Å². The Balaban J connectivity index is 1.95. The Morgan fingerprint density at radius 3 is 2.68 bits per heavy atom. The molecule has 6 heteroatoms. The van der Waals surface area contributed by atoms with E-state index < -0.39 is 10.0 Å². The maximum Gasteiger partial charge on any atom is 0.238 e. The van der Waals surface area contributed by atoms with Gasteiger partial charge in [-0.2, -0.15) is 0 Å². The highest BCUT2D eigenvalue weighted by atomic mass is 79.9. The summed E-state index contributed by atoms with van der Waals surface area (Å²) in [4.78, 5) is 2.48. The third-order valence-electron chi connectivity index (χ3n) is 4.03. The summed E-state index contributed by atoms with van der Waals surface area (Å²) in [5.41, 5.74) is 3.32. The zero-order valence-corrected chi connectivity index (χ0v) is 14.6. The molecule has 0 fully saturated rings. The second kappa shape index (κ2) is 5.68. The van der Waals surface area contributed by atoms with Gasteiger partial charge in [-0.3, -0.25) is 0 Å². The molecule has 2 aromatic rings. The normalized spacial score (nSPS) is 17.6. The van der Waals surface area contributed by atoms with Crippen molar-refractivity contribution < 1.29 is 8.42 Å². The van der Waals surface area contributed by atoms with Gasteiger partial charge >= 0.3 is 0 Å². The van der Waals surface area contributed by atoms with Gasteiger partial charge in [-0.25, -0.2) is 13.6 Å². The maximum atomic E-state index is 11.5. The Bertz CT molecular complexity index is 821. The van der Waals surface area contributed by atoms with Gasteiger partial charge in [0.25, 0.3) is 0 Å². The van der Waals surface area contributed by atoms with Crippen LogP contribution < -0.4 is 10.0 Å². The molecule has 1 unspecified atom stereocenters. The fourth-order valence-corrected chi connectivity index (χ4v) is 3.87. The Kier molecular flexibility index (Phi) is 4.01. The van der Waals surface area contributed by atoms with E-state index in [0.717, 1.165) is 28.7 Å². The van der Waals surface area contributed by atoms with Gasteiger partial charge in [0.05, 0.1) is 4.90 Å². The predicted molar refractivity (Wildman–Crippen MR) is 91.3 cm³/mol. The number of anilines is 1. The van der Waals surface area contributed by atoms with E-state index in [0.29, 0.717) is 6.04 Å². The number of benzene rings is 2. The summed E-state index contributed by atoms with van der Waals surface area (Å²) in [5, 5.41) is 5.22. The first-order chi connectivity index (χ1) is 10.4. The Hall–Kier alpha value is -1.37. The lowest BCUT2D eigenvalue weighted by atomic mass is 10.1. The van der Waals surface area contributed by atoms with Gasteiger partial charge in [-0.15, -0.1) is 0 Å². The monoisotopic (exact) mass is 380 g/mol. The molecule has 0 saturated heterocycles. The summed E-state index contributed by atoms with van der Waals surface area (Å²) in [6.45, 7) is 2.93. The fourth-order valence-electron chi connectivity index (χ4n) is 2.90. The van der Waals surface area contributed by atoms with Gasteiger partial charge in [0.15, 0.2) is 0 Å². The van der Waals surface area contributed by atoms with Gasteiger partial charge in [-0.05, 0) is 48.7 Å². The van der Waals surface area contributed by atoms with E-state index >= 15 is 0 Å². The second-order valence-electron chi connectivity index (χ2n) is 5.61. The van der Waals surface area contributed by atoms with Crippen molar-refractivity contribution in [3.63, 3.8) is 0 Å². The number of primary sulfonamides is 1. The number of halogens is 1. The van der Waals surface area contributed by atoms with Crippen LogP contribution in [-0.2, 0) is 23.0 Å². The first-order valence-electron chi connectivity index (χ1n) is 7.02. The summed E-state index contributed by atoms with van der Waals surface area (Å²) in [7, 11) is -3.65. The van der Waals surface area contributed by atoms with Crippen molar-refractivity contribution >= 4 is 31.6 Å². The molecule has 1 aliphatic rings. The topological polar surface area (TPSA) is 63.4 Å². The summed E-state index contributed by atoms with van der Waals surface area (Å²) >= 11 is 3.58. The van der Waals surface area contributed by atoms with Crippen LogP contribution in [0.25, 0.3) is 0 Å². The molecule has 1 aliphatic heterocycles. The summed E-state index contributed by atoms with van der Waals surface area (Å²) in [6.07, 6.45) is 0.823. The standard InChI is InChI=1S/C16H17BrN2O2S/c1-11-8-13-9-14(22(18,20)21)6-7-16(13)19(11)10-12-4-2-3-5-15(12)17/h2-7,9,11H,8,10H2,1H3,(H2,18,20,21). The molecular formula is C16H17BrN2O2S. The number of fused-ring (bicyclic) bond motifs is 1. The number of nitrogens with two attached hydrogens (primary N) is 1. The van der Waals surface area contributed by atoms with Crippen molar-refractivity contribution in [1.29, 1.82) is 0 Å². The van der Waals surface area contributed by atoms with E-state index in [9.17, 15) is 8.42 Å². The first kappa shape index (κ1) is 15.5. The molecule has 0 radical (unpaired) electrons. The molecule has 1 heterocycles. The summed E-state index contributed by atoms with van der Waals surface area (Å²) < 4.78 is 24.1. The smallest absolute Gasteiger partial charge is 0.238 e. The van der Waals surface area contributed by atoms with Gasteiger partial charge < -0.3 is 4.90 Å². The van der Waals surface area contributed by atoms with Gasteiger partial charge in [-0.1, -0.05) is 34.1 Å². The molecule has 1 atom stereocenters. The molecule has 0 spiro atoms. The van der Waals surface area contributed by atoms with Crippen LogP contribution in [0.5, 0.6) is 0 Å². The van der Waals surface area contributed by atoms with Gasteiger partial charge in [0, 0.05) is 22.7 Å². The third-order valence-corrected chi connectivity index (χ3v) is 5.72. The number of nitrogens with zero attached hydrogens (tertiary/aromatic N) is 1. The van der Waals surface area contributed by atoms with Crippen LogP contribution in [0.2, 0.25) is 0 Å². The number of hydrogen-bond donors (Lipinski definition) is 1. The molecule has 116 valence electrons. The number of hydrogen-bond acceptors (Lipinski definition) is 3. The first-order valence-corrected chi connectivity index (χ1v) is 9.36. The van der Waals surface area contributed by atoms with Gasteiger partial charge in [0.2, 0.25) is 10.0 Å². The fraction of sp³-hybridized carbons (Fsp3) is 0.250. The van der Waals surface area contributed by atoms with Crippen molar-refractivity contribution in [1.82, 2.24) is 0 Å². The lowest BCUT2D eigenvalue weighted by Crippen LogP contribution is -2.28. The van der Waals surface area contributed by atoms with Crippen LogP contribution in [0.4, 0.5) is 5.69 Å². The van der Waals surface area contributed by atoms with Crippen LogP contribution in [0, 0.1) is 0 Å². The Morgan fingerprint density at radius 1 is 1.27 bits per heavy atom. The Morgan fingerprint density at radius 2 is 2.00 bits per heavy atom. The summed E-state index contributed by atoms with van der Waals surface area (Å²) in [6, 6.07) is 13.6. The minimum atomic E-state index is -3.65. The highest BCUT2D eigenvalue weighted by Crippen LogP contribution is 2.35. The van der Waals surface area contributed by atoms with E-state index in [2.05, 4.69) is 33.8 Å². The van der Waals surface area contributed by atoms with E-state index in [-0.39, 0.29) is 4.90 Å². The molecule has 0 aromatic heterocycles. The molecule has 0 saturated carbocycles. The lowest BCUT2D eigenvalue weighted by Gasteiger charge is -2.25. The SMILES string of the molecule is CC1Cc2cc(S(N)(=O)=O)ccc2N1Cc1ccccc1Br. The van der Waals surface area contributed by atoms with Crippen LogP contribution in [-0.4, -0.2) is 14.5 Å². The average molecular weight is 381 g/mol. The minimum absolute atomic E-state index is 0.182. The highest BCUT2D eigenvalue weighted by molar-refractivity contribution is 9.10. The lowest BCUT2D eigenvalue weighted by molar-refractivity contribution is 0.597. The largest absolute Gasteiger partial charge is 0.364 e. The van der Waals surface area contributed by atoms with E-state index in [1.807, 2.05) is 24.3 Å². The third kappa shape index (κ3) is 2.91. The van der Waals surface area contributed by atoms with E-state index in [1.54, 1.807) is 12.1 Å². The van der Waals surface area contributed by atoms with Crippen molar-refractivity contribution in [2.45, 2.75) is 30.8 Å². The molecule has 0 amide bonds. The molecule has 3 rings (SSSR count). The maximum absolute atomic E-state index is 11.5. The van der Waals surface area contributed by atoms with Crippen LogP contribution in [0.15, 0.2) is 51.8 Å². The molecule has 4 nitrogen and oxygen atoms in total. The zero-order chi connectivity index (χ0) is 15.9. The van der Waals surface area contributed by atoms with E-state index in [4.69, 9.17) is 5.14 Å². The van der Waals surface area contributed by atoms with E-state index in [1.165, 1.54) is 5.56 Å². The van der Waals surface area contributed by atoms with Crippen LogP contribution in [0.3, 0.4) is 0 Å². The minimum Gasteiger partial charge on any atom is -0.364 e. The number of rotatable bonds is 3. The highest BCUT2D eigenvalue weighted by Gasteiger charge is 2.27. The van der Waals surface area contributed by atoms with Crippen molar-refractivity contribution in [3.05, 3.63) is 58.1 Å². The van der Waals surface area contributed by atoms with Gasteiger partial charge in [0.1, 0.15) is 0 Å². The average Bonchev–Trinajstić information content (AvgIpc) is 2.76. The zero-order valence-electron chi connectivity index (χ0n) is 12.2.